The molecule has 162 valence electrons. The van der Waals surface area contributed by atoms with Gasteiger partial charge in [-0.15, -0.1) is 0 Å². The summed E-state index contributed by atoms with van der Waals surface area (Å²) in [6.45, 7) is 3.49. The van der Waals surface area contributed by atoms with Gasteiger partial charge in [0.1, 0.15) is 29.4 Å². The summed E-state index contributed by atoms with van der Waals surface area (Å²) in [6.07, 6.45) is 0.335. The molecule has 1 saturated heterocycles. The van der Waals surface area contributed by atoms with Gasteiger partial charge in [-0.1, -0.05) is 11.6 Å². The van der Waals surface area contributed by atoms with Crippen LogP contribution in [0.2, 0.25) is 5.15 Å². The van der Waals surface area contributed by atoms with E-state index in [9.17, 15) is 14.3 Å². The molecule has 1 fully saturated rings. The molecule has 0 saturated carbocycles. The van der Waals surface area contributed by atoms with E-state index in [-0.39, 0.29) is 35.4 Å². The van der Waals surface area contributed by atoms with Gasteiger partial charge in [-0.2, -0.15) is 10.1 Å². The molecule has 0 bridgehead atoms. The second kappa shape index (κ2) is 8.48. The monoisotopic (exact) mass is 446 g/mol. The zero-order chi connectivity index (χ0) is 22.1. The van der Waals surface area contributed by atoms with Crippen molar-refractivity contribution in [3.8, 4) is 5.69 Å². The maximum absolute atomic E-state index is 13.1. The molecule has 3 aromatic rings. The second-order valence-corrected chi connectivity index (χ2v) is 7.54. The third-order valence-electron chi connectivity index (χ3n) is 4.88. The summed E-state index contributed by atoms with van der Waals surface area (Å²) in [5, 5.41) is 17.7. The molecule has 3 atom stereocenters. The third-order valence-corrected chi connectivity index (χ3v) is 5.07. The van der Waals surface area contributed by atoms with Crippen LogP contribution in [-0.4, -0.2) is 49.7 Å². The zero-order valence-corrected chi connectivity index (χ0v) is 17.5. The molecule has 3 heterocycles. The number of anilines is 2. The first-order valence-corrected chi connectivity index (χ1v) is 9.96. The van der Waals surface area contributed by atoms with Crippen molar-refractivity contribution in [2.24, 2.45) is 0 Å². The lowest BCUT2D eigenvalue weighted by Gasteiger charge is -2.23. The molecule has 0 spiro atoms. The molecule has 1 amide bonds. The number of rotatable bonds is 6. The molecule has 2 N–H and O–H groups in total. The van der Waals surface area contributed by atoms with E-state index >= 15 is 0 Å². The van der Waals surface area contributed by atoms with Gasteiger partial charge in [0.15, 0.2) is 0 Å². The minimum absolute atomic E-state index is 0.0537. The van der Waals surface area contributed by atoms with Gasteiger partial charge in [0.25, 0.3) is 0 Å². The number of aliphatic hydroxyl groups is 1. The summed E-state index contributed by atoms with van der Waals surface area (Å²) >= 11 is 6.15. The summed E-state index contributed by atoms with van der Waals surface area (Å²) in [6, 6.07) is 8.36. The fourth-order valence-corrected chi connectivity index (χ4v) is 3.40. The van der Waals surface area contributed by atoms with Crippen molar-refractivity contribution in [3.05, 3.63) is 59.3 Å². The first-order chi connectivity index (χ1) is 14.8. The highest BCUT2D eigenvalue weighted by Gasteiger charge is 2.38. The van der Waals surface area contributed by atoms with Gasteiger partial charge in [0, 0.05) is 12.3 Å². The molecular weight excluding hydrogens is 427 g/mol. The van der Waals surface area contributed by atoms with Gasteiger partial charge in [-0.05, 0) is 44.2 Å². The second-order valence-electron chi connectivity index (χ2n) is 7.15. The lowest BCUT2D eigenvalue weighted by molar-refractivity contribution is 0.142. The Morgan fingerprint density at radius 2 is 2.00 bits per heavy atom. The molecular formula is C20H20ClFN6O3. The van der Waals surface area contributed by atoms with Crippen LogP contribution in [0.3, 0.4) is 0 Å². The summed E-state index contributed by atoms with van der Waals surface area (Å²) < 4.78 is 19.8. The molecule has 0 radical (unpaired) electrons. The van der Waals surface area contributed by atoms with E-state index in [0.29, 0.717) is 5.69 Å². The van der Waals surface area contributed by atoms with Crippen molar-refractivity contribution in [1.29, 1.82) is 0 Å². The number of hydrogen-bond donors (Lipinski definition) is 2. The first-order valence-electron chi connectivity index (χ1n) is 9.58. The van der Waals surface area contributed by atoms with Crippen LogP contribution in [0.5, 0.6) is 0 Å². The van der Waals surface area contributed by atoms with Gasteiger partial charge in [0.2, 0.25) is 5.95 Å². The van der Waals surface area contributed by atoms with Crippen LogP contribution in [-0.2, 0) is 4.74 Å². The standard InChI is InChI=1S/C20H20ClFN6O3/c1-11(15-7-8-27(26-15)14-5-3-13(22)4-6-14)23-19-24-17(21)9-18(25-19)28-16(12(2)29)10-31-20(28)30/h3-9,11-12,16,29H,10H2,1-2H3,(H,23,24,25)/t11-,12+,16+/m0/s1. The van der Waals surface area contributed by atoms with Crippen LogP contribution in [0, 0.1) is 5.82 Å². The Bertz CT molecular complexity index is 1090. The molecule has 1 aliphatic heterocycles. The van der Waals surface area contributed by atoms with Crippen molar-refractivity contribution in [2.45, 2.75) is 32.0 Å². The van der Waals surface area contributed by atoms with E-state index in [1.807, 2.05) is 13.0 Å². The average Bonchev–Trinajstić information content (AvgIpc) is 3.35. The largest absolute Gasteiger partial charge is 0.447 e. The van der Waals surface area contributed by atoms with E-state index in [2.05, 4.69) is 20.4 Å². The van der Waals surface area contributed by atoms with Gasteiger partial charge in [-0.25, -0.2) is 18.9 Å². The molecule has 31 heavy (non-hydrogen) atoms. The Balaban J connectivity index is 1.54. The number of carbonyl (C=O) groups is 1. The number of nitrogens with zero attached hydrogens (tertiary/aromatic N) is 5. The molecule has 1 aromatic carbocycles. The van der Waals surface area contributed by atoms with Gasteiger partial charge in [0.05, 0.1) is 23.5 Å². The fourth-order valence-electron chi connectivity index (χ4n) is 3.22. The normalized spacial score (nSPS) is 18.0. The van der Waals surface area contributed by atoms with Crippen molar-refractivity contribution in [2.75, 3.05) is 16.8 Å². The van der Waals surface area contributed by atoms with Crippen LogP contribution in [0.25, 0.3) is 5.69 Å². The Hall–Kier alpha value is -3.24. The minimum Gasteiger partial charge on any atom is -0.447 e. The summed E-state index contributed by atoms with van der Waals surface area (Å²) in [4.78, 5) is 21.9. The predicted octanol–water partition coefficient (Wildman–Crippen LogP) is 3.33. The summed E-state index contributed by atoms with van der Waals surface area (Å²) in [5.74, 6) is 0.0927. The van der Waals surface area contributed by atoms with E-state index in [1.165, 1.54) is 23.1 Å². The molecule has 9 nitrogen and oxygen atoms in total. The van der Waals surface area contributed by atoms with Gasteiger partial charge in [-0.3, -0.25) is 4.90 Å². The van der Waals surface area contributed by atoms with E-state index < -0.39 is 18.2 Å². The summed E-state index contributed by atoms with van der Waals surface area (Å²) in [5.41, 5.74) is 1.41. The highest BCUT2D eigenvalue weighted by molar-refractivity contribution is 6.29. The molecule has 0 unspecified atom stereocenters. The number of cyclic esters (lactones) is 1. The number of aromatic nitrogens is 4. The third kappa shape index (κ3) is 4.44. The van der Waals surface area contributed by atoms with Crippen LogP contribution in [0.4, 0.5) is 21.0 Å². The maximum Gasteiger partial charge on any atom is 0.416 e. The van der Waals surface area contributed by atoms with Crippen LogP contribution >= 0.6 is 11.6 Å². The van der Waals surface area contributed by atoms with E-state index in [1.54, 1.807) is 29.9 Å². The number of hydrogen-bond acceptors (Lipinski definition) is 7. The number of carbonyl (C=O) groups excluding carboxylic acids is 1. The average molecular weight is 447 g/mol. The number of ether oxygens (including phenoxy) is 1. The SMILES string of the molecule is C[C@H](Nc1nc(Cl)cc(N2C(=O)OC[C@@H]2[C@@H](C)O)n1)c1ccn(-c2ccc(F)cc2)n1. The van der Waals surface area contributed by atoms with Crippen molar-refractivity contribution < 1.29 is 19.0 Å². The molecule has 1 aliphatic rings. The van der Waals surface area contributed by atoms with Crippen molar-refractivity contribution >= 4 is 29.5 Å². The first kappa shape index (κ1) is 21.0. The zero-order valence-electron chi connectivity index (χ0n) is 16.7. The Kier molecular flexibility index (Phi) is 5.75. The highest BCUT2D eigenvalue weighted by atomic mass is 35.5. The van der Waals surface area contributed by atoms with Crippen molar-refractivity contribution in [1.82, 2.24) is 19.7 Å². The highest BCUT2D eigenvalue weighted by Crippen LogP contribution is 2.27. The molecule has 4 rings (SSSR count). The van der Waals surface area contributed by atoms with Crippen LogP contribution in [0.1, 0.15) is 25.6 Å². The minimum atomic E-state index is -0.814. The topological polar surface area (TPSA) is 105 Å². The van der Waals surface area contributed by atoms with Gasteiger partial charge < -0.3 is 15.2 Å². The fraction of sp³-hybridized carbons (Fsp3) is 0.300. The number of nitrogens with one attached hydrogen (secondary N) is 1. The quantitative estimate of drug-likeness (QED) is 0.559. The van der Waals surface area contributed by atoms with Crippen LogP contribution < -0.4 is 10.2 Å². The summed E-state index contributed by atoms with van der Waals surface area (Å²) in [7, 11) is 0. The molecule has 0 aliphatic carbocycles. The maximum atomic E-state index is 13.1. The Morgan fingerprint density at radius 3 is 2.71 bits per heavy atom. The van der Waals surface area contributed by atoms with Gasteiger partial charge >= 0.3 is 6.09 Å². The van der Waals surface area contributed by atoms with E-state index in [0.717, 1.165) is 5.69 Å². The number of aliphatic hydroxyl groups excluding tert-OH is 1. The molecule has 2 aromatic heterocycles. The Labute approximate surface area is 182 Å². The molecule has 11 heteroatoms. The lowest BCUT2D eigenvalue weighted by atomic mass is 10.2. The van der Waals surface area contributed by atoms with Crippen LogP contribution in [0.15, 0.2) is 42.6 Å². The lowest BCUT2D eigenvalue weighted by Crippen LogP contribution is -2.41. The van der Waals surface area contributed by atoms with E-state index in [4.69, 9.17) is 16.3 Å². The number of halogens is 2. The Morgan fingerprint density at radius 1 is 1.26 bits per heavy atom. The predicted molar refractivity (Wildman–Crippen MR) is 112 cm³/mol. The smallest absolute Gasteiger partial charge is 0.416 e. The number of amides is 1. The van der Waals surface area contributed by atoms with Crippen molar-refractivity contribution in [3.63, 3.8) is 0 Å². The number of benzene rings is 1.